The van der Waals surface area contributed by atoms with Crippen molar-refractivity contribution in [2.24, 2.45) is 0 Å². The first-order chi connectivity index (χ1) is 6.86. The molecule has 74 valence electrons. The smallest absolute Gasteiger partial charge is 0.0542 e. The summed E-state index contributed by atoms with van der Waals surface area (Å²) in [5.74, 6) is 0. The number of anilines is 1. The average molecular weight is 188 g/mol. The van der Waals surface area contributed by atoms with E-state index in [1.54, 1.807) is 0 Å². The Bertz CT molecular complexity index is 342. The normalized spacial score (nSPS) is 26.1. The van der Waals surface area contributed by atoms with Crippen LogP contribution in [0.5, 0.6) is 0 Å². The minimum Gasteiger partial charge on any atom is -0.363 e. The van der Waals surface area contributed by atoms with Crippen LogP contribution < -0.4 is 10.2 Å². The van der Waals surface area contributed by atoms with Gasteiger partial charge in [-0.1, -0.05) is 18.2 Å². The lowest BCUT2D eigenvalue weighted by molar-refractivity contribution is 0.397. The highest BCUT2D eigenvalue weighted by atomic mass is 15.3. The van der Waals surface area contributed by atoms with E-state index in [1.807, 2.05) is 0 Å². The van der Waals surface area contributed by atoms with E-state index < -0.39 is 0 Å². The standard InChI is InChI=1S/C12H16N2/c1-9-6-10-4-2-3-5-12(10)14(9)11-7-13-8-11/h2-5,9,11,13H,6-8H2,1H3. The Balaban J connectivity index is 1.97. The highest BCUT2D eigenvalue weighted by molar-refractivity contribution is 5.60. The predicted molar refractivity (Wildman–Crippen MR) is 58.7 cm³/mol. The number of benzene rings is 1. The lowest BCUT2D eigenvalue weighted by Gasteiger charge is -2.40. The second kappa shape index (κ2) is 2.99. The number of fused-ring (bicyclic) bond motifs is 1. The number of hydrogen-bond acceptors (Lipinski definition) is 2. The van der Waals surface area contributed by atoms with Crippen LogP contribution in [0.4, 0.5) is 5.69 Å². The van der Waals surface area contributed by atoms with Gasteiger partial charge in [-0.15, -0.1) is 0 Å². The fourth-order valence-electron chi connectivity index (χ4n) is 2.62. The van der Waals surface area contributed by atoms with E-state index in [0.717, 1.165) is 19.1 Å². The van der Waals surface area contributed by atoms with Gasteiger partial charge in [0.25, 0.3) is 0 Å². The van der Waals surface area contributed by atoms with E-state index in [0.29, 0.717) is 6.04 Å². The van der Waals surface area contributed by atoms with Crippen LogP contribution in [0, 0.1) is 0 Å². The summed E-state index contributed by atoms with van der Waals surface area (Å²) in [7, 11) is 0. The minimum absolute atomic E-state index is 0.680. The number of nitrogens with one attached hydrogen (secondary N) is 1. The number of hydrogen-bond donors (Lipinski definition) is 1. The molecule has 3 rings (SSSR count). The molecule has 1 saturated heterocycles. The summed E-state index contributed by atoms with van der Waals surface area (Å²) in [6, 6.07) is 10.2. The van der Waals surface area contributed by atoms with E-state index in [1.165, 1.54) is 17.7 Å². The average Bonchev–Trinajstić information content (AvgIpc) is 2.41. The van der Waals surface area contributed by atoms with E-state index in [4.69, 9.17) is 0 Å². The quantitative estimate of drug-likeness (QED) is 0.717. The second-order valence-electron chi connectivity index (χ2n) is 4.40. The van der Waals surface area contributed by atoms with Gasteiger partial charge >= 0.3 is 0 Å². The van der Waals surface area contributed by atoms with Gasteiger partial charge in [-0.2, -0.15) is 0 Å². The summed E-state index contributed by atoms with van der Waals surface area (Å²) in [5, 5.41) is 3.35. The van der Waals surface area contributed by atoms with Crippen molar-refractivity contribution in [2.75, 3.05) is 18.0 Å². The Labute approximate surface area is 84.9 Å². The van der Waals surface area contributed by atoms with Gasteiger partial charge < -0.3 is 10.2 Å². The van der Waals surface area contributed by atoms with Crippen molar-refractivity contribution in [3.63, 3.8) is 0 Å². The zero-order valence-electron chi connectivity index (χ0n) is 8.53. The SMILES string of the molecule is CC1Cc2ccccc2N1C1CNC1. The van der Waals surface area contributed by atoms with E-state index >= 15 is 0 Å². The number of para-hydroxylation sites is 1. The van der Waals surface area contributed by atoms with Crippen LogP contribution in [0.3, 0.4) is 0 Å². The molecule has 1 N–H and O–H groups in total. The Morgan fingerprint density at radius 2 is 2.07 bits per heavy atom. The first kappa shape index (κ1) is 8.30. The maximum Gasteiger partial charge on any atom is 0.0542 e. The fourth-order valence-corrected chi connectivity index (χ4v) is 2.62. The molecule has 0 bridgehead atoms. The monoisotopic (exact) mass is 188 g/mol. The van der Waals surface area contributed by atoms with Gasteiger partial charge in [-0.05, 0) is 25.0 Å². The van der Waals surface area contributed by atoms with Crippen LogP contribution in [-0.4, -0.2) is 25.2 Å². The molecule has 1 atom stereocenters. The van der Waals surface area contributed by atoms with E-state index in [9.17, 15) is 0 Å². The molecule has 1 fully saturated rings. The highest BCUT2D eigenvalue weighted by Crippen LogP contribution is 2.34. The number of nitrogens with zero attached hydrogens (tertiary/aromatic N) is 1. The topological polar surface area (TPSA) is 15.3 Å². The van der Waals surface area contributed by atoms with Crippen LogP contribution in [0.2, 0.25) is 0 Å². The Morgan fingerprint density at radius 3 is 2.79 bits per heavy atom. The van der Waals surface area contributed by atoms with Crippen LogP contribution in [0.15, 0.2) is 24.3 Å². The van der Waals surface area contributed by atoms with Crippen molar-refractivity contribution in [3.05, 3.63) is 29.8 Å². The summed E-state index contributed by atoms with van der Waals surface area (Å²) in [6.45, 7) is 4.63. The second-order valence-corrected chi connectivity index (χ2v) is 4.40. The van der Waals surface area contributed by atoms with E-state index in [-0.39, 0.29) is 0 Å². The summed E-state index contributed by atoms with van der Waals surface area (Å²) in [6.07, 6.45) is 1.21. The van der Waals surface area contributed by atoms with Crippen molar-refractivity contribution in [3.8, 4) is 0 Å². The summed E-state index contributed by atoms with van der Waals surface area (Å²) in [5.41, 5.74) is 2.98. The lowest BCUT2D eigenvalue weighted by Crippen LogP contribution is -2.58. The molecule has 0 aliphatic carbocycles. The Kier molecular flexibility index (Phi) is 1.77. The third-order valence-corrected chi connectivity index (χ3v) is 3.41. The third kappa shape index (κ3) is 1.07. The van der Waals surface area contributed by atoms with Crippen molar-refractivity contribution < 1.29 is 0 Å². The summed E-state index contributed by atoms with van der Waals surface area (Å²) >= 11 is 0. The maximum absolute atomic E-state index is 3.35. The molecule has 14 heavy (non-hydrogen) atoms. The largest absolute Gasteiger partial charge is 0.363 e. The third-order valence-electron chi connectivity index (χ3n) is 3.41. The van der Waals surface area contributed by atoms with Crippen LogP contribution in [-0.2, 0) is 6.42 Å². The minimum atomic E-state index is 0.680. The predicted octanol–water partition coefficient (Wildman–Crippen LogP) is 1.41. The van der Waals surface area contributed by atoms with Crippen molar-refractivity contribution in [1.82, 2.24) is 5.32 Å². The van der Waals surface area contributed by atoms with Gasteiger partial charge in [0, 0.05) is 24.8 Å². The molecule has 2 heterocycles. The van der Waals surface area contributed by atoms with Gasteiger partial charge in [-0.3, -0.25) is 0 Å². The molecule has 0 amide bonds. The first-order valence-corrected chi connectivity index (χ1v) is 5.43. The molecule has 2 aliphatic rings. The first-order valence-electron chi connectivity index (χ1n) is 5.43. The van der Waals surface area contributed by atoms with Gasteiger partial charge in [0.2, 0.25) is 0 Å². The Hall–Kier alpha value is -1.02. The van der Waals surface area contributed by atoms with Crippen molar-refractivity contribution in [1.29, 1.82) is 0 Å². The molecule has 1 aromatic carbocycles. The molecule has 2 nitrogen and oxygen atoms in total. The van der Waals surface area contributed by atoms with Gasteiger partial charge in [-0.25, -0.2) is 0 Å². The van der Waals surface area contributed by atoms with Crippen molar-refractivity contribution in [2.45, 2.75) is 25.4 Å². The molecule has 0 spiro atoms. The van der Waals surface area contributed by atoms with Gasteiger partial charge in [0.15, 0.2) is 0 Å². The molecule has 2 aliphatic heterocycles. The van der Waals surface area contributed by atoms with E-state index in [2.05, 4.69) is 41.4 Å². The molecular weight excluding hydrogens is 172 g/mol. The molecular formula is C12H16N2. The van der Waals surface area contributed by atoms with Gasteiger partial charge in [0.05, 0.1) is 6.04 Å². The fraction of sp³-hybridized carbons (Fsp3) is 0.500. The molecule has 0 saturated carbocycles. The lowest BCUT2D eigenvalue weighted by atomic mass is 10.1. The zero-order chi connectivity index (χ0) is 9.54. The summed E-state index contributed by atoms with van der Waals surface area (Å²) in [4.78, 5) is 2.59. The van der Waals surface area contributed by atoms with Gasteiger partial charge in [0.1, 0.15) is 0 Å². The van der Waals surface area contributed by atoms with Crippen LogP contribution >= 0.6 is 0 Å². The highest BCUT2D eigenvalue weighted by Gasteiger charge is 2.33. The Morgan fingerprint density at radius 1 is 1.29 bits per heavy atom. The molecule has 0 aromatic heterocycles. The maximum atomic E-state index is 3.35. The summed E-state index contributed by atoms with van der Waals surface area (Å²) < 4.78 is 0. The van der Waals surface area contributed by atoms with Crippen LogP contribution in [0.25, 0.3) is 0 Å². The molecule has 1 unspecified atom stereocenters. The molecule has 2 heteroatoms. The van der Waals surface area contributed by atoms with Crippen LogP contribution in [0.1, 0.15) is 12.5 Å². The molecule has 1 aromatic rings. The number of rotatable bonds is 1. The zero-order valence-corrected chi connectivity index (χ0v) is 8.53. The van der Waals surface area contributed by atoms with Crippen molar-refractivity contribution >= 4 is 5.69 Å². The molecule has 0 radical (unpaired) electrons.